The van der Waals surface area contributed by atoms with Crippen LogP contribution in [-0.2, 0) is 31.4 Å². The van der Waals surface area contributed by atoms with Crippen LogP contribution in [-0.4, -0.2) is 14.7 Å². The zero-order valence-electron chi connectivity index (χ0n) is 12.4. The minimum absolute atomic E-state index is 0.163. The van der Waals surface area contributed by atoms with Gasteiger partial charge in [0.15, 0.2) is 0 Å². The highest BCUT2D eigenvalue weighted by Crippen LogP contribution is 2.54. The Morgan fingerprint density at radius 1 is 0.750 bits per heavy atom. The molecule has 0 aliphatic rings. The largest absolute Gasteiger partial charge is 0.466 e. The second kappa shape index (κ2) is 10.1. The average molecular weight is 395 g/mol. The lowest BCUT2D eigenvalue weighted by atomic mass is 10.2. The van der Waals surface area contributed by atoms with E-state index in [1.807, 2.05) is 60.7 Å². The van der Waals surface area contributed by atoms with Crippen LogP contribution in [0.5, 0.6) is 0 Å². The van der Waals surface area contributed by atoms with Gasteiger partial charge in [0.25, 0.3) is 0 Å². The van der Waals surface area contributed by atoms with Gasteiger partial charge in [0.05, 0.1) is 13.2 Å². The van der Waals surface area contributed by atoms with Gasteiger partial charge in [-0.3, -0.25) is 9.05 Å². The van der Waals surface area contributed by atoms with E-state index >= 15 is 0 Å². The van der Waals surface area contributed by atoms with Crippen molar-refractivity contribution in [1.82, 2.24) is 0 Å². The summed E-state index contributed by atoms with van der Waals surface area (Å²) in [4.78, 5) is 21.6. The quantitative estimate of drug-likeness (QED) is 0.638. The van der Waals surface area contributed by atoms with Crippen LogP contribution in [0, 0.1) is 0 Å². The number of phosphoric acid groups is 1. The molecule has 0 atom stereocenters. The molecule has 0 saturated heterocycles. The number of halogens is 1. The molecule has 0 saturated carbocycles. The summed E-state index contributed by atoms with van der Waals surface area (Å²) < 4.78 is 31.0. The molecule has 0 aliphatic heterocycles. The minimum Gasteiger partial charge on any atom is -0.303 e. The van der Waals surface area contributed by atoms with Crippen LogP contribution in [0.3, 0.4) is 0 Å². The van der Waals surface area contributed by atoms with E-state index in [2.05, 4.69) is 0 Å². The smallest absolute Gasteiger partial charge is 0.303 e. The number of hydrogen-bond donors (Lipinski definition) is 3. The lowest BCUT2D eigenvalue weighted by Crippen LogP contribution is -1.93. The third-order valence-electron chi connectivity index (χ3n) is 2.46. The molecule has 0 fully saturated rings. The van der Waals surface area contributed by atoms with Crippen molar-refractivity contribution in [1.29, 1.82) is 0 Å². The van der Waals surface area contributed by atoms with E-state index in [4.69, 9.17) is 39.5 Å². The van der Waals surface area contributed by atoms with Gasteiger partial charge in [0.1, 0.15) is 0 Å². The first kappa shape index (κ1) is 21.0. The van der Waals surface area contributed by atoms with E-state index in [9.17, 15) is 4.57 Å². The molecule has 0 aromatic heterocycles. The molecule has 3 N–H and O–H groups in total. The third-order valence-corrected chi connectivity index (χ3v) is 3.92. The van der Waals surface area contributed by atoms with Crippen LogP contribution in [0.1, 0.15) is 11.1 Å². The van der Waals surface area contributed by atoms with Gasteiger partial charge in [-0.05, 0) is 11.1 Å². The molecule has 0 spiro atoms. The first-order valence-corrected chi connectivity index (χ1v) is 10.6. The Balaban J connectivity index is 0.000000505. The summed E-state index contributed by atoms with van der Waals surface area (Å²) in [6, 6.07) is 18.8. The molecule has 24 heavy (non-hydrogen) atoms. The maximum atomic E-state index is 11.9. The van der Waals surface area contributed by atoms with Gasteiger partial charge in [0.2, 0.25) is 0 Å². The average Bonchev–Trinajstić information content (AvgIpc) is 2.52. The molecule has 0 aliphatic carbocycles. The van der Waals surface area contributed by atoms with Crippen molar-refractivity contribution in [2.45, 2.75) is 13.2 Å². The molecular formula is C14H17ClO7P2. The number of rotatable bonds is 6. The first-order valence-electron chi connectivity index (χ1n) is 6.61. The van der Waals surface area contributed by atoms with E-state index in [1.54, 1.807) is 0 Å². The highest BCUT2D eigenvalue weighted by atomic mass is 35.7. The summed E-state index contributed by atoms with van der Waals surface area (Å²) in [5, 5.41) is 0. The van der Waals surface area contributed by atoms with Gasteiger partial charge in [-0.1, -0.05) is 60.7 Å². The van der Waals surface area contributed by atoms with Crippen molar-refractivity contribution in [3.05, 3.63) is 71.8 Å². The Hall–Kier alpha value is -1.01. The minimum atomic E-state index is -4.64. The Morgan fingerprint density at radius 3 is 1.33 bits per heavy atom. The van der Waals surface area contributed by atoms with E-state index in [-0.39, 0.29) is 13.2 Å². The highest BCUT2D eigenvalue weighted by Gasteiger charge is 2.20. The summed E-state index contributed by atoms with van der Waals surface area (Å²) >= 11 is 5.75. The molecule has 7 nitrogen and oxygen atoms in total. The van der Waals surface area contributed by atoms with Gasteiger partial charge in [-0.15, -0.1) is 0 Å². The van der Waals surface area contributed by atoms with Gasteiger partial charge in [0, 0.05) is 11.2 Å². The third kappa shape index (κ3) is 11.5. The van der Waals surface area contributed by atoms with Gasteiger partial charge >= 0.3 is 14.8 Å². The molecule has 0 unspecified atom stereocenters. The van der Waals surface area contributed by atoms with Crippen LogP contribution in [0.4, 0.5) is 0 Å². The van der Waals surface area contributed by atoms with E-state index in [0.29, 0.717) is 0 Å². The predicted molar refractivity (Wildman–Crippen MR) is 90.2 cm³/mol. The molecule has 0 amide bonds. The zero-order chi connectivity index (χ0) is 18.1. The summed E-state index contributed by atoms with van der Waals surface area (Å²) in [5.74, 6) is 0. The number of benzene rings is 2. The van der Waals surface area contributed by atoms with E-state index in [0.717, 1.165) is 11.1 Å². The maximum Gasteiger partial charge on any atom is 0.466 e. The monoisotopic (exact) mass is 394 g/mol. The van der Waals surface area contributed by atoms with Gasteiger partial charge in [-0.25, -0.2) is 9.13 Å². The molecule has 2 aromatic rings. The fourth-order valence-electron chi connectivity index (χ4n) is 1.49. The van der Waals surface area contributed by atoms with Crippen molar-refractivity contribution in [2.75, 3.05) is 0 Å². The fraction of sp³-hybridized carbons (Fsp3) is 0.143. The summed E-state index contributed by atoms with van der Waals surface area (Å²) in [6.45, 7) is -3.23. The molecule has 10 heteroatoms. The normalized spacial score (nSPS) is 11.5. The van der Waals surface area contributed by atoms with Crippen LogP contribution >= 0.6 is 26.0 Å². The lowest BCUT2D eigenvalue weighted by molar-refractivity contribution is 0.205. The van der Waals surface area contributed by atoms with Crippen LogP contribution in [0.25, 0.3) is 0 Å². The van der Waals surface area contributed by atoms with Crippen molar-refractivity contribution < 1.29 is 32.9 Å². The van der Waals surface area contributed by atoms with Gasteiger partial charge < -0.3 is 14.7 Å². The topological polar surface area (TPSA) is 113 Å². The Kier molecular flexibility index (Phi) is 8.84. The predicted octanol–water partition coefficient (Wildman–Crippen LogP) is 3.84. The van der Waals surface area contributed by atoms with Crippen molar-refractivity contribution >= 4 is 26.0 Å². The van der Waals surface area contributed by atoms with Crippen LogP contribution in [0.2, 0.25) is 0 Å². The SMILES string of the molecule is O=P(Cl)(OCc1ccccc1)OCc1ccccc1.O=P(O)(O)O. The van der Waals surface area contributed by atoms with Crippen molar-refractivity contribution in [3.8, 4) is 0 Å². The van der Waals surface area contributed by atoms with E-state index < -0.39 is 14.8 Å². The molecule has 0 radical (unpaired) electrons. The molecule has 2 rings (SSSR count). The van der Waals surface area contributed by atoms with Gasteiger partial charge in [-0.2, -0.15) is 0 Å². The highest BCUT2D eigenvalue weighted by molar-refractivity contribution is 7.81. The van der Waals surface area contributed by atoms with Crippen molar-refractivity contribution in [3.63, 3.8) is 0 Å². The zero-order valence-corrected chi connectivity index (χ0v) is 15.0. The molecule has 2 aromatic carbocycles. The Labute approximate surface area is 144 Å². The molecule has 0 heterocycles. The summed E-state index contributed by atoms with van der Waals surface area (Å²) in [6.07, 6.45) is 0. The molecular weight excluding hydrogens is 378 g/mol. The summed E-state index contributed by atoms with van der Waals surface area (Å²) in [7, 11) is -4.64. The summed E-state index contributed by atoms with van der Waals surface area (Å²) in [5.41, 5.74) is 1.79. The number of hydrogen-bond acceptors (Lipinski definition) is 4. The second-order valence-electron chi connectivity index (χ2n) is 4.46. The van der Waals surface area contributed by atoms with Crippen LogP contribution in [0.15, 0.2) is 60.7 Å². The molecule has 132 valence electrons. The van der Waals surface area contributed by atoms with Crippen molar-refractivity contribution in [2.24, 2.45) is 0 Å². The second-order valence-corrected chi connectivity index (χ2v) is 8.11. The molecule has 0 bridgehead atoms. The first-order chi connectivity index (χ1) is 11.2. The lowest BCUT2D eigenvalue weighted by Gasteiger charge is -2.11. The fourth-order valence-corrected chi connectivity index (χ4v) is 2.46. The Bertz CT molecular complexity index is 635. The standard InChI is InChI=1S/C14H14ClO3P.H3O4P/c15-19(16,17-11-13-7-3-1-4-8-13)18-12-14-9-5-2-6-10-14;1-5(2,3)4/h1-10H,11-12H2;(H3,1,2,3,4). The van der Waals surface area contributed by atoms with Crippen LogP contribution < -0.4 is 0 Å². The Morgan fingerprint density at radius 2 is 1.04 bits per heavy atom. The maximum absolute atomic E-state index is 11.9. The van der Waals surface area contributed by atoms with E-state index in [1.165, 1.54) is 0 Å².